The third-order valence-electron chi connectivity index (χ3n) is 4.55. The van der Waals surface area contributed by atoms with Crippen molar-refractivity contribution in [3.05, 3.63) is 46.6 Å². The molecule has 2 heterocycles. The van der Waals surface area contributed by atoms with Gasteiger partial charge in [0.1, 0.15) is 0 Å². The summed E-state index contributed by atoms with van der Waals surface area (Å²) in [5, 5.41) is 8.28. The molecule has 1 N–H and O–H groups in total. The number of hydrogen-bond donors (Lipinski definition) is 1. The minimum absolute atomic E-state index is 0. The minimum Gasteiger partial charge on any atom is -0.339 e. The topological polar surface area (TPSA) is 51.0 Å². The first-order valence-corrected chi connectivity index (χ1v) is 7.41. The number of nitrogens with one attached hydrogen (secondary N) is 1. The van der Waals surface area contributed by atoms with E-state index in [9.17, 15) is 0 Å². The molecule has 1 saturated carbocycles. The highest BCUT2D eigenvalue weighted by atomic mass is 35.5. The Morgan fingerprint density at radius 1 is 1.38 bits per heavy atom. The van der Waals surface area contributed by atoms with Gasteiger partial charge in [0.15, 0.2) is 5.82 Å². The van der Waals surface area contributed by atoms with Gasteiger partial charge in [-0.3, -0.25) is 0 Å². The summed E-state index contributed by atoms with van der Waals surface area (Å²) in [4.78, 5) is 4.56. The number of benzene rings is 1. The molecule has 112 valence electrons. The van der Waals surface area contributed by atoms with Gasteiger partial charge in [-0.2, -0.15) is 4.98 Å². The second-order valence-corrected chi connectivity index (χ2v) is 6.27. The SMILES string of the molecule is Cl.Clc1ccccc1Cc1noc(C2CC23CCNC3)n1. The van der Waals surface area contributed by atoms with Crippen molar-refractivity contribution in [1.29, 1.82) is 0 Å². The monoisotopic (exact) mass is 325 g/mol. The smallest absolute Gasteiger partial charge is 0.230 e. The Balaban J connectivity index is 0.00000132. The van der Waals surface area contributed by atoms with E-state index in [1.807, 2.05) is 24.3 Å². The average Bonchev–Trinajstić information content (AvgIpc) is 2.79. The van der Waals surface area contributed by atoms with E-state index in [1.165, 1.54) is 12.8 Å². The highest BCUT2D eigenvalue weighted by Gasteiger charge is 2.58. The summed E-state index contributed by atoms with van der Waals surface area (Å²) in [6.07, 6.45) is 3.02. The lowest BCUT2D eigenvalue weighted by Gasteiger charge is -2.02. The molecule has 1 aliphatic carbocycles. The van der Waals surface area contributed by atoms with Crippen molar-refractivity contribution < 1.29 is 4.52 Å². The number of halogens is 2. The summed E-state index contributed by atoms with van der Waals surface area (Å²) < 4.78 is 5.46. The van der Waals surface area contributed by atoms with E-state index in [2.05, 4.69) is 15.5 Å². The molecule has 2 atom stereocenters. The molecule has 1 aromatic heterocycles. The second kappa shape index (κ2) is 5.59. The largest absolute Gasteiger partial charge is 0.339 e. The van der Waals surface area contributed by atoms with Gasteiger partial charge in [-0.25, -0.2) is 0 Å². The normalized spacial score (nSPS) is 26.8. The lowest BCUT2D eigenvalue weighted by Crippen LogP contribution is -2.10. The third-order valence-corrected chi connectivity index (χ3v) is 4.92. The van der Waals surface area contributed by atoms with E-state index in [1.54, 1.807) is 0 Å². The van der Waals surface area contributed by atoms with Crippen LogP contribution < -0.4 is 5.32 Å². The van der Waals surface area contributed by atoms with Crippen molar-refractivity contribution in [3.8, 4) is 0 Å². The van der Waals surface area contributed by atoms with Crippen molar-refractivity contribution in [2.24, 2.45) is 5.41 Å². The van der Waals surface area contributed by atoms with Crippen LogP contribution in [-0.4, -0.2) is 23.2 Å². The fourth-order valence-corrected chi connectivity index (χ4v) is 3.43. The molecular weight excluding hydrogens is 309 g/mol. The van der Waals surface area contributed by atoms with Crippen molar-refractivity contribution in [2.45, 2.75) is 25.2 Å². The first kappa shape index (κ1) is 14.8. The van der Waals surface area contributed by atoms with Crippen molar-refractivity contribution in [3.63, 3.8) is 0 Å². The number of hydrogen-bond acceptors (Lipinski definition) is 4. The Labute approximate surface area is 134 Å². The van der Waals surface area contributed by atoms with Crippen LogP contribution in [0.2, 0.25) is 5.02 Å². The van der Waals surface area contributed by atoms with Crippen LogP contribution >= 0.6 is 24.0 Å². The van der Waals surface area contributed by atoms with Gasteiger partial charge in [-0.1, -0.05) is 35.0 Å². The Hall–Kier alpha value is -1.10. The molecule has 1 saturated heterocycles. The molecular formula is C15H17Cl2N3O. The van der Waals surface area contributed by atoms with Gasteiger partial charge in [-0.15, -0.1) is 12.4 Å². The maximum atomic E-state index is 6.16. The summed E-state index contributed by atoms with van der Waals surface area (Å²) in [6.45, 7) is 2.19. The zero-order valence-corrected chi connectivity index (χ0v) is 13.1. The minimum atomic E-state index is 0. The first-order valence-electron chi connectivity index (χ1n) is 7.03. The van der Waals surface area contributed by atoms with Crippen LogP contribution in [0, 0.1) is 5.41 Å². The van der Waals surface area contributed by atoms with Crippen LogP contribution in [0.15, 0.2) is 28.8 Å². The fraction of sp³-hybridized carbons (Fsp3) is 0.467. The van der Waals surface area contributed by atoms with Gasteiger partial charge in [0.25, 0.3) is 0 Å². The summed E-state index contributed by atoms with van der Waals surface area (Å²) in [7, 11) is 0. The van der Waals surface area contributed by atoms with Gasteiger partial charge in [-0.05, 0) is 36.4 Å². The molecule has 2 fully saturated rings. The number of nitrogens with zero attached hydrogens (tertiary/aromatic N) is 2. The Morgan fingerprint density at radius 2 is 2.24 bits per heavy atom. The van der Waals surface area contributed by atoms with E-state index >= 15 is 0 Å². The Morgan fingerprint density at radius 3 is 3.00 bits per heavy atom. The van der Waals surface area contributed by atoms with Crippen LogP contribution in [0.25, 0.3) is 0 Å². The molecule has 2 aromatic rings. The average molecular weight is 326 g/mol. The van der Waals surface area contributed by atoms with E-state index in [0.717, 1.165) is 35.4 Å². The standard InChI is InChI=1S/C15H16ClN3O.ClH/c16-12-4-2-1-3-10(12)7-13-18-14(20-19-13)11-8-15(11)5-6-17-9-15;/h1-4,11,17H,5-9H2;1H. The van der Waals surface area contributed by atoms with E-state index in [4.69, 9.17) is 16.1 Å². The van der Waals surface area contributed by atoms with E-state index in [0.29, 0.717) is 17.8 Å². The zero-order valence-electron chi connectivity index (χ0n) is 11.5. The van der Waals surface area contributed by atoms with Crippen molar-refractivity contribution in [1.82, 2.24) is 15.5 Å². The van der Waals surface area contributed by atoms with Gasteiger partial charge in [0.2, 0.25) is 5.89 Å². The van der Waals surface area contributed by atoms with Gasteiger partial charge < -0.3 is 9.84 Å². The molecule has 2 aliphatic rings. The molecule has 4 nitrogen and oxygen atoms in total. The van der Waals surface area contributed by atoms with Crippen LogP contribution in [0.5, 0.6) is 0 Å². The molecule has 1 aliphatic heterocycles. The lowest BCUT2D eigenvalue weighted by atomic mass is 10.0. The predicted molar refractivity (Wildman–Crippen MR) is 83.1 cm³/mol. The van der Waals surface area contributed by atoms with Gasteiger partial charge >= 0.3 is 0 Å². The van der Waals surface area contributed by atoms with Gasteiger partial charge in [0, 0.05) is 23.9 Å². The maximum Gasteiger partial charge on any atom is 0.230 e. The fourth-order valence-electron chi connectivity index (χ4n) is 3.22. The molecule has 1 spiro atoms. The summed E-state index contributed by atoms with van der Waals surface area (Å²) in [6, 6.07) is 7.78. The molecule has 6 heteroatoms. The van der Waals surface area contributed by atoms with Crippen molar-refractivity contribution >= 4 is 24.0 Å². The Bertz CT molecular complexity index is 637. The first-order chi connectivity index (χ1) is 9.77. The number of rotatable bonds is 3. The molecule has 2 unspecified atom stereocenters. The lowest BCUT2D eigenvalue weighted by molar-refractivity contribution is 0.360. The van der Waals surface area contributed by atoms with Crippen LogP contribution in [0.4, 0.5) is 0 Å². The quantitative estimate of drug-likeness (QED) is 0.941. The molecule has 0 amide bonds. The Kier molecular flexibility index (Phi) is 3.95. The maximum absolute atomic E-state index is 6.16. The molecule has 0 radical (unpaired) electrons. The zero-order chi connectivity index (χ0) is 13.6. The highest BCUT2D eigenvalue weighted by molar-refractivity contribution is 6.31. The van der Waals surface area contributed by atoms with Crippen molar-refractivity contribution in [2.75, 3.05) is 13.1 Å². The van der Waals surface area contributed by atoms with Crippen LogP contribution in [-0.2, 0) is 6.42 Å². The third kappa shape index (κ3) is 2.68. The predicted octanol–water partition coefficient (Wildman–Crippen LogP) is 3.20. The highest BCUT2D eigenvalue weighted by Crippen LogP contribution is 2.62. The summed E-state index contributed by atoms with van der Waals surface area (Å²) in [5.41, 5.74) is 1.43. The van der Waals surface area contributed by atoms with E-state index < -0.39 is 0 Å². The molecule has 4 rings (SSSR count). The summed E-state index contributed by atoms with van der Waals surface area (Å²) >= 11 is 6.16. The molecule has 0 bridgehead atoms. The van der Waals surface area contributed by atoms with Crippen LogP contribution in [0.3, 0.4) is 0 Å². The molecule has 1 aromatic carbocycles. The molecule has 21 heavy (non-hydrogen) atoms. The van der Waals surface area contributed by atoms with Gasteiger partial charge in [0.05, 0.1) is 0 Å². The van der Waals surface area contributed by atoms with Crippen LogP contribution in [0.1, 0.15) is 36.0 Å². The second-order valence-electron chi connectivity index (χ2n) is 5.86. The van der Waals surface area contributed by atoms with E-state index in [-0.39, 0.29) is 12.4 Å². The number of aromatic nitrogens is 2. The summed E-state index contributed by atoms with van der Waals surface area (Å²) in [5.74, 6) is 1.97.